The van der Waals surface area contributed by atoms with Gasteiger partial charge in [-0.2, -0.15) is 0 Å². The molecular weight excluding hydrogens is 642 g/mol. The second-order valence-electron chi connectivity index (χ2n) is 15.9. The van der Waals surface area contributed by atoms with Crippen LogP contribution in [0.2, 0.25) is 0 Å². The number of hydrogen-bond acceptors (Lipinski definition) is 12. The lowest BCUT2D eigenvalue weighted by molar-refractivity contribution is -0.174. The van der Waals surface area contributed by atoms with Crippen LogP contribution in [0, 0.1) is 53.3 Å². The number of carbonyl (C=O) groups excluding carboxylic acids is 3. The second-order valence-corrected chi connectivity index (χ2v) is 15.9. The first-order valence-electron chi connectivity index (χ1n) is 18.2. The number of epoxide rings is 2. The quantitative estimate of drug-likeness (QED) is 0.156. The van der Waals surface area contributed by atoms with E-state index < -0.39 is 17.1 Å². The number of hydrogen-bond donors (Lipinski definition) is 0. The summed E-state index contributed by atoms with van der Waals surface area (Å²) in [5.74, 6) is -0.0423. The number of carbonyl (C=O) groups is 3. The van der Waals surface area contributed by atoms with Crippen LogP contribution < -0.4 is 17.1 Å². The number of fused-ring (bicyclic) bond motifs is 10. The Bertz CT molecular complexity index is 1680. The summed E-state index contributed by atoms with van der Waals surface area (Å²) in [6, 6.07) is 0. The van der Waals surface area contributed by atoms with Gasteiger partial charge in [-0.15, -0.1) is 0 Å². The zero-order chi connectivity index (χ0) is 33.3. The molecule has 15 heteroatoms. The van der Waals surface area contributed by atoms with Crippen LogP contribution in [0.1, 0.15) is 44.9 Å². The maximum absolute atomic E-state index is 13.5. The maximum atomic E-state index is 13.5. The van der Waals surface area contributed by atoms with Crippen molar-refractivity contribution in [3.05, 3.63) is 31.5 Å². The fraction of sp³-hybridized carbons (Fsp3) is 0.824. The lowest BCUT2D eigenvalue weighted by Crippen LogP contribution is -2.55. The molecule has 0 radical (unpaired) electrons. The van der Waals surface area contributed by atoms with Crippen LogP contribution >= 0.6 is 0 Å². The van der Waals surface area contributed by atoms with Gasteiger partial charge in [0, 0.05) is 17.8 Å². The van der Waals surface area contributed by atoms with Gasteiger partial charge >= 0.3 is 35.0 Å². The number of nitrogens with zero attached hydrogens (tertiary/aromatic N) is 3. The summed E-state index contributed by atoms with van der Waals surface area (Å²) in [6.45, 7) is -1.50. The summed E-state index contributed by atoms with van der Waals surface area (Å²) < 4.78 is 36.3. The van der Waals surface area contributed by atoms with Gasteiger partial charge in [-0.1, -0.05) is 0 Å². The van der Waals surface area contributed by atoms with Crippen LogP contribution in [0.3, 0.4) is 0 Å². The van der Waals surface area contributed by atoms with Crippen molar-refractivity contribution < 1.29 is 42.8 Å². The largest absolute Gasteiger partial charge is 0.464 e. The number of esters is 3. The molecule has 264 valence electrons. The van der Waals surface area contributed by atoms with E-state index in [-0.39, 0.29) is 124 Å². The minimum atomic E-state index is -0.892. The van der Waals surface area contributed by atoms with E-state index in [1.165, 1.54) is 0 Å². The summed E-state index contributed by atoms with van der Waals surface area (Å²) in [5.41, 5.74) is -2.67. The van der Waals surface area contributed by atoms with E-state index in [2.05, 4.69) is 0 Å². The third-order valence-corrected chi connectivity index (χ3v) is 13.6. The first-order valence-corrected chi connectivity index (χ1v) is 18.2. The SMILES string of the molecule is O=C(OCCn1c(=O)n(CCOC(=O)C2CC3CC2C2OC32)c(=O)n(CCOC(=O)C2CC3CC2C2OC32)c1=O)C1CC2CC3OC2C3C1. The van der Waals surface area contributed by atoms with Crippen molar-refractivity contribution in [3.8, 4) is 0 Å². The smallest absolute Gasteiger partial charge is 0.336 e. The van der Waals surface area contributed by atoms with E-state index in [1.807, 2.05) is 0 Å². The molecule has 6 saturated carbocycles. The summed E-state index contributed by atoms with van der Waals surface area (Å²) in [5, 5.41) is 0. The number of rotatable bonds is 12. The molecule has 15 nitrogen and oxygen atoms in total. The van der Waals surface area contributed by atoms with Gasteiger partial charge in [0.1, 0.15) is 19.8 Å². The molecule has 0 spiro atoms. The van der Waals surface area contributed by atoms with E-state index in [9.17, 15) is 28.8 Å². The van der Waals surface area contributed by atoms with E-state index in [0.29, 0.717) is 49.4 Å². The third kappa shape index (κ3) is 4.77. The van der Waals surface area contributed by atoms with Gasteiger partial charge in [0.2, 0.25) is 0 Å². The van der Waals surface area contributed by atoms with Crippen molar-refractivity contribution in [1.29, 1.82) is 0 Å². The van der Waals surface area contributed by atoms with Crippen LogP contribution in [0.5, 0.6) is 0 Å². The Kier molecular flexibility index (Phi) is 6.91. The van der Waals surface area contributed by atoms with Gasteiger partial charge in [0.05, 0.1) is 74.0 Å². The van der Waals surface area contributed by atoms with Crippen LogP contribution in [-0.2, 0) is 62.4 Å². The Labute approximate surface area is 280 Å². The molecule has 6 aliphatic carbocycles. The molecule has 1 aromatic rings. The normalized spacial score (nSPS) is 43.5. The fourth-order valence-corrected chi connectivity index (χ4v) is 11.2. The van der Waals surface area contributed by atoms with Gasteiger partial charge in [0.25, 0.3) is 0 Å². The lowest BCUT2D eigenvalue weighted by Gasteiger charge is -2.42. The average molecular weight is 684 g/mol. The van der Waals surface area contributed by atoms with Crippen molar-refractivity contribution in [2.45, 2.75) is 101 Å². The van der Waals surface area contributed by atoms with E-state index in [4.69, 9.17) is 28.4 Å². The first-order chi connectivity index (χ1) is 23.7. The molecule has 1 aromatic heterocycles. The van der Waals surface area contributed by atoms with E-state index in [1.54, 1.807) is 0 Å². The molecule has 0 amide bonds. The third-order valence-electron chi connectivity index (χ3n) is 13.6. The Morgan fingerprint density at radius 1 is 0.510 bits per heavy atom. The average Bonchev–Trinajstić information content (AvgIpc) is 3.72. The number of aromatic nitrogens is 3. The van der Waals surface area contributed by atoms with Crippen molar-refractivity contribution in [3.63, 3.8) is 0 Å². The first kappa shape index (κ1) is 30.5. The van der Waals surface area contributed by atoms with Crippen molar-refractivity contribution in [2.75, 3.05) is 19.8 Å². The van der Waals surface area contributed by atoms with E-state index in [0.717, 1.165) is 33.0 Å². The molecule has 4 saturated heterocycles. The molecule has 15 atom stereocenters. The van der Waals surface area contributed by atoms with Crippen LogP contribution in [0.25, 0.3) is 0 Å². The summed E-state index contributed by atoms with van der Waals surface area (Å²) in [4.78, 5) is 79.4. The van der Waals surface area contributed by atoms with Crippen molar-refractivity contribution in [1.82, 2.24) is 13.7 Å². The molecule has 15 unspecified atom stereocenters. The summed E-state index contributed by atoms with van der Waals surface area (Å²) in [6.07, 6.45) is 7.05. The minimum Gasteiger partial charge on any atom is -0.464 e. The highest BCUT2D eigenvalue weighted by Crippen LogP contribution is 2.60. The minimum absolute atomic E-state index is 0.133. The molecule has 10 fully saturated rings. The zero-order valence-electron chi connectivity index (χ0n) is 27.1. The predicted molar refractivity (Wildman–Crippen MR) is 162 cm³/mol. The molecule has 8 bridgehead atoms. The molecule has 0 N–H and O–H groups in total. The molecular formula is C34H41N3O12. The van der Waals surface area contributed by atoms with Gasteiger partial charge in [0.15, 0.2) is 0 Å². The maximum Gasteiger partial charge on any atom is 0.336 e. The van der Waals surface area contributed by atoms with Crippen LogP contribution in [0.4, 0.5) is 0 Å². The van der Waals surface area contributed by atoms with Crippen molar-refractivity contribution >= 4 is 17.9 Å². The molecule has 0 aromatic carbocycles. The standard InChI is InChI=1S/C34H41N3O12/c38-29(17-7-14-13-23-22(12-17)24(14)47-23)44-4-1-35-32(41)36(2-5-45-30(39)20-10-15-8-18(20)27-25(15)48-27)34(43)37(33(35)42)3-6-46-31(40)21-11-16-9-19(21)28-26(16)49-28/h14-28H,1-13H2. The van der Waals surface area contributed by atoms with E-state index >= 15 is 0 Å². The zero-order valence-corrected chi connectivity index (χ0v) is 27.1. The Hall–Kier alpha value is -3.30. The molecule has 5 heterocycles. The molecule has 49 heavy (non-hydrogen) atoms. The molecule has 11 rings (SSSR count). The summed E-state index contributed by atoms with van der Waals surface area (Å²) in [7, 11) is 0. The van der Waals surface area contributed by atoms with Gasteiger partial charge in [-0.3, -0.25) is 14.4 Å². The van der Waals surface area contributed by atoms with Crippen LogP contribution in [0.15, 0.2) is 14.4 Å². The lowest BCUT2D eigenvalue weighted by atomic mass is 9.76. The molecule has 10 aliphatic rings. The highest BCUT2D eigenvalue weighted by atomic mass is 16.6. The predicted octanol–water partition coefficient (Wildman–Crippen LogP) is -0.538. The topological polar surface area (TPSA) is 179 Å². The highest BCUT2D eigenvalue weighted by molar-refractivity contribution is 5.74. The Balaban J connectivity index is 0.814. The monoisotopic (exact) mass is 683 g/mol. The molecule has 4 aliphatic heterocycles. The van der Waals surface area contributed by atoms with Gasteiger partial charge in [-0.25, -0.2) is 28.1 Å². The van der Waals surface area contributed by atoms with Gasteiger partial charge in [-0.05, 0) is 62.7 Å². The Morgan fingerprint density at radius 2 is 0.980 bits per heavy atom. The Morgan fingerprint density at radius 3 is 1.43 bits per heavy atom. The number of ether oxygens (including phenoxy) is 6. The van der Waals surface area contributed by atoms with Gasteiger partial charge < -0.3 is 28.4 Å². The second kappa shape index (κ2) is 11.1. The van der Waals surface area contributed by atoms with Crippen LogP contribution in [-0.4, -0.2) is 88.1 Å². The fourth-order valence-electron chi connectivity index (χ4n) is 11.2. The van der Waals surface area contributed by atoms with Crippen molar-refractivity contribution in [2.24, 2.45) is 53.3 Å². The highest BCUT2D eigenvalue weighted by Gasteiger charge is 2.66. The summed E-state index contributed by atoms with van der Waals surface area (Å²) >= 11 is 0.